The molecule has 0 fully saturated rings. The number of rotatable bonds is 6. The molecule has 0 atom stereocenters. The Morgan fingerprint density at radius 2 is 0.817 bits per heavy atom. The maximum atomic E-state index is 14.9. The molecule has 8 aromatic carbocycles. The molecular weight excluding hydrogens is 752 g/mol. The van der Waals surface area contributed by atoms with Crippen LogP contribution in [0.15, 0.2) is 194 Å². The molecule has 8 heteroatoms. The first-order valence-corrected chi connectivity index (χ1v) is 19.6. The van der Waals surface area contributed by atoms with Crippen LogP contribution in [0.1, 0.15) is 5.56 Å². The summed E-state index contributed by atoms with van der Waals surface area (Å²) in [5.74, 6) is 1.37. The van der Waals surface area contributed by atoms with Crippen molar-refractivity contribution >= 4 is 43.6 Å². The molecule has 0 aliphatic rings. The molecule has 0 bridgehead atoms. The van der Waals surface area contributed by atoms with E-state index in [1.54, 1.807) is 18.2 Å². The number of nitrogens with zero attached hydrogens (tertiary/aromatic N) is 5. The molecule has 0 aliphatic carbocycles. The second kappa shape index (κ2) is 13.9. The van der Waals surface area contributed by atoms with E-state index in [2.05, 4.69) is 57.7 Å². The standard InChI is InChI=1S/C52H32F3N5/c53-52(54,55)43-23-11-7-19-37(43)41-29-27-35(51-57-49(33-15-3-1-4-16-33)56-50(58-51)34-17-5-2-6-18-34)31-47(41)60-46-26-14-10-22-40(46)42-30-28-36(32-48(42)60)59-44-24-12-8-20-38(44)39-21-9-13-25-45(39)59/h1-32H. The number of halogens is 3. The van der Waals surface area contributed by atoms with Crippen molar-refractivity contribution in [3.63, 3.8) is 0 Å². The van der Waals surface area contributed by atoms with Crippen LogP contribution in [-0.2, 0) is 6.18 Å². The second-order valence-electron chi connectivity index (χ2n) is 14.7. The van der Waals surface area contributed by atoms with Gasteiger partial charge in [0.2, 0.25) is 0 Å². The summed E-state index contributed by atoms with van der Waals surface area (Å²) < 4.78 is 49.0. The maximum Gasteiger partial charge on any atom is 0.417 e. The first kappa shape index (κ1) is 35.3. The average molecular weight is 784 g/mol. The Labute approximate surface area is 342 Å². The van der Waals surface area contributed by atoms with Crippen molar-refractivity contribution in [1.29, 1.82) is 0 Å². The maximum absolute atomic E-state index is 14.9. The number of para-hydroxylation sites is 3. The molecular formula is C52H32F3N5. The van der Waals surface area contributed by atoms with E-state index < -0.39 is 11.7 Å². The summed E-state index contributed by atoms with van der Waals surface area (Å²) in [4.78, 5) is 14.9. The van der Waals surface area contributed by atoms with Crippen LogP contribution < -0.4 is 0 Å². The molecule has 3 heterocycles. The predicted octanol–water partition coefficient (Wildman–Crippen LogP) is 13.8. The number of hydrogen-bond donors (Lipinski definition) is 0. The minimum absolute atomic E-state index is 0.0710. The molecule has 0 N–H and O–H groups in total. The molecule has 60 heavy (non-hydrogen) atoms. The van der Waals surface area contributed by atoms with Gasteiger partial charge in [0.1, 0.15) is 0 Å². The quantitative estimate of drug-likeness (QED) is 0.169. The molecule has 0 saturated heterocycles. The number of hydrogen-bond acceptors (Lipinski definition) is 3. The Morgan fingerprint density at radius 1 is 0.350 bits per heavy atom. The highest BCUT2D eigenvalue weighted by Crippen LogP contribution is 2.43. The summed E-state index contributed by atoms with van der Waals surface area (Å²) in [5, 5.41) is 4.21. The SMILES string of the molecule is FC(F)(F)c1ccccc1-c1ccc(-c2nc(-c3ccccc3)nc(-c3ccccc3)n2)cc1-n1c2ccccc2c2ccc(-n3c4ccccc4c4ccccc43)cc21. The van der Waals surface area contributed by atoms with Gasteiger partial charge >= 0.3 is 6.18 Å². The van der Waals surface area contributed by atoms with Crippen LogP contribution in [-0.4, -0.2) is 24.1 Å². The van der Waals surface area contributed by atoms with Gasteiger partial charge in [0.25, 0.3) is 0 Å². The summed E-state index contributed by atoms with van der Waals surface area (Å²) in [6, 6.07) is 61.7. The van der Waals surface area contributed by atoms with E-state index in [9.17, 15) is 13.2 Å². The summed E-state index contributed by atoms with van der Waals surface area (Å²) in [7, 11) is 0. The Hall–Kier alpha value is -7.84. The summed E-state index contributed by atoms with van der Waals surface area (Å²) in [6.07, 6.45) is -4.60. The van der Waals surface area contributed by atoms with Crippen molar-refractivity contribution in [2.45, 2.75) is 6.18 Å². The normalized spacial score (nSPS) is 11.9. The summed E-state index contributed by atoms with van der Waals surface area (Å²) in [5.41, 5.74) is 7.30. The number of fused-ring (bicyclic) bond motifs is 6. The van der Waals surface area contributed by atoms with E-state index in [1.807, 2.05) is 115 Å². The first-order valence-electron chi connectivity index (χ1n) is 19.6. The van der Waals surface area contributed by atoms with Gasteiger partial charge in [-0.3, -0.25) is 0 Å². The van der Waals surface area contributed by atoms with Gasteiger partial charge in [-0.1, -0.05) is 152 Å². The summed E-state index contributed by atoms with van der Waals surface area (Å²) in [6.45, 7) is 0. The molecule has 286 valence electrons. The average Bonchev–Trinajstić information content (AvgIpc) is 3.81. The largest absolute Gasteiger partial charge is 0.417 e. The van der Waals surface area contributed by atoms with Crippen molar-refractivity contribution in [3.05, 3.63) is 200 Å². The highest BCUT2D eigenvalue weighted by atomic mass is 19.4. The van der Waals surface area contributed by atoms with Gasteiger partial charge < -0.3 is 9.13 Å². The zero-order valence-electron chi connectivity index (χ0n) is 31.8. The number of benzene rings is 8. The highest BCUT2D eigenvalue weighted by Gasteiger charge is 2.34. The second-order valence-corrected chi connectivity index (χ2v) is 14.7. The van der Waals surface area contributed by atoms with Crippen molar-refractivity contribution < 1.29 is 13.2 Å². The zero-order chi connectivity index (χ0) is 40.4. The monoisotopic (exact) mass is 783 g/mol. The molecule has 5 nitrogen and oxygen atoms in total. The minimum Gasteiger partial charge on any atom is -0.309 e. The van der Waals surface area contributed by atoms with Crippen molar-refractivity contribution in [1.82, 2.24) is 24.1 Å². The smallest absolute Gasteiger partial charge is 0.309 e. The Kier molecular flexibility index (Phi) is 8.20. The Balaban J connectivity index is 1.22. The third-order valence-electron chi connectivity index (χ3n) is 11.2. The van der Waals surface area contributed by atoms with Crippen LogP contribution in [0.25, 0.3) is 100 Å². The fraction of sp³-hybridized carbons (Fsp3) is 0.0192. The molecule has 11 aromatic rings. The third kappa shape index (κ3) is 5.83. The van der Waals surface area contributed by atoms with Gasteiger partial charge in [0.15, 0.2) is 17.5 Å². The molecule has 0 spiro atoms. The molecule has 0 amide bonds. The van der Waals surface area contributed by atoms with E-state index in [-0.39, 0.29) is 5.56 Å². The van der Waals surface area contributed by atoms with Crippen LogP contribution in [0.3, 0.4) is 0 Å². The fourth-order valence-corrected chi connectivity index (χ4v) is 8.54. The fourth-order valence-electron chi connectivity index (χ4n) is 8.54. The van der Waals surface area contributed by atoms with E-state index in [4.69, 9.17) is 15.0 Å². The lowest BCUT2D eigenvalue weighted by Gasteiger charge is -2.19. The molecule has 0 aliphatic heterocycles. The van der Waals surface area contributed by atoms with Crippen molar-refractivity contribution in [2.75, 3.05) is 0 Å². The van der Waals surface area contributed by atoms with E-state index in [0.29, 0.717) is 34.3 Å². The lowest BCUT2D eigenvalue weighted by Crippen LogP contribution is -2.08. The highest BCUT2D eigenvalue weighted by molar-refractivity contribution is 6.12. The van der Waals surface area contributed by atoms with Gasteiger partial charge in [-0.25, -0.2) is 15.0 Å². The number of aromatic nitrogens is 5. The summed E-state index contributed by atoms with van der Waals surface area (Å²) >= 11 is 0. The van der Waals surface area contributed by atoms with E-state index >= 15 is 0 Å². The minimum atomic E-state index is -4.60. The van der Waals surface area contributed by atoms with Gasteiger partial charge in [-0.2, -0.15) is 13.2 Å². The lowest BCUT2D eigenvalue weighted by atomic mass is 9.96. The van der Waals surface area contributed by atoms with Gasteiger partial charge in [0, 0.05) is 49.5 Å². The van der Waals surface area contributed by atoms with Crippen LogP contribution in [0.2, 0.25) is 0 Å². The topological polar surface area (TPSA) is 48.5 Å². The molecule has 0 saturated carbocycles. The van der Waals surface area contributed by atoms with Gasteiger partial charge in [0.05, 0.1) is 33.3 Å². The van der Waals surface area contributed by atoms with Crippen LogP contribution >= 0.6 is 0 Å². The van der Waals surface area contributed by atoms with Crippen LogP contribution in [0.5, 0.6) is 0 Å². The van der Waals surface area contributed by atoms with E-state index in [0.717, 1.165) is 66.5 Å². The molecule has 0 radical (unpaired) electrons. The molecule has 0 unspecified atom stereocenters. The van der Waals surface area contributed by atoms with Crippen molar-refractivity contribution in [2.24, 2.45) is 0 Å². The van der Waals surface area contributed by atoms with Gasteiger partial charge in [-0.05, 0) is 48.0 Å². The third-order valence-corrected chi connectivity index (χ3v) is 11.2. The lowest BCUT2D eigenvalue weighted by molar-refractivity contribution is -0.137. The molecule has 11 rings (SSSR count). The first-order chi connectivity index (χ1) is 29.4. The van der Waals surface area contributed by atoms with Crippen LogP contribution in [0.4, 0.5) is 13.2 Å². The van der Waals surface area contributed by atoms with E-state index in [1.165, 1.54) is 6.07 Å². The predicted molar refractivity (Wildman–Crippen MR) is 235 cm³/mol. The molecule has 3 aromatic heterocycles. The number of alkyl halides is 3. The zero-order valence-corrected chi connectivity index (χ0v) is 31.8. The van der Waals surface area contributed by atoms with Gasteiger partial charge in [-0.15, -0.1) is 0 Å². The van der Waals surface area contributed by atoms with Crippen molar-refractivity contribution in [3.8, 4) is 56.7 Å². The Morgan fingerprint density at radius 3 is 1.38 bits per heavy atom. The Bertz CT molecular complexity index is 3310. The van der Waals surface area contributed by atoms with Crippen LogP contribution in [0, 0.1) is 0 Å².